The highest BCUT2D eigenvalue weighted by Gasteiger charge is 2.35. The van der Waals surface area contributed by atoms with Crippen LogP contribution < -0.4 is 10.6 Å². The topological polar surface area (TPSA) is 88.2 Å². The van der Waals surface area contributed by atoms with Gasteiger partial charge >= 0.3 is 0 Å². The molecule has 1 aromatic heterocycles. The van der Waals surface area contributed by atoms with E-state index in [9.17, 15) is 23.2 Å². The molecular weight excluding hydrogens is 404 g/mol. The van der Waals surface area contributed by atoms with Crippen molar-refractivity contribution < 1.29 is 23.2 Å². The summed E-state index contributed by atoms with van der Waals surface area (Å²) in [7, 11) is 0. The van der Waals surface area contributed by atoms with Gasteiger partial charge in [0.1, 0.15) is 5.92 Å². The second-order valence-electron chi connectivity index (χ2n) is 7.16. The number of amides is 2. The number of hydrogen-bond donors (Lipinski definition) is 2. The van der Waals surface area contributed by atoms with E-state index in [4.69, 9.17) is 0 Å². The van der Waals surface area contributed by atoms with Gasteiger partial charge in [-0.25, -0.2) is 8.78 Å². The number of anilines is 1. The number of rotatable bonds is 5. The molecule has 2 aromatic carbocycles. The molecule has 8 heteroatoms. The van der Waals surface area contributed by atoms with E-state index >= 15 is 0 Å². The molecule has 0 fully saturated rings. The molecule has 2 amide bonds. The third-order valence-electron chi connectivity index (χ3n) is 5.04. The van der Waals surface area contributed by atoms with Gasteiger partial charge in [-0.15, -0.1) is 0 Å². The van der Waals surface area contributed by atoms with Crippen LogP contribution in [0.2, 0.25) is 0 Å². The van der Waals surface area contributed by atoms with Crippen LogP contribution in [0, 0.1) is 17.6 Å². The van der Waals surface area contributed by atoms with Gasteiger partial charge in [0.05, 0.1) is 5.69 Å². The second-order valence-corrected chi connectivity index (χ2v) is 7.16. The number of aromatic nitrogens is 1. The van der Waals surface area contributed by atoms with Crippen LogP contribution in [0.5, 0.6) is 0 Å². The molecular formula is C23H17F2N3O3. The number of fused-ring (bicyclic) bond motifs is 1. The van der Waals surface area contributed by atoms with Crippen LogP contribution in [0.3, 0.4) is 0 Å². The molecule has 31 heavy (non-hydrogen) atoms. The Morgan fingerprint density at radius 3 is 2.61 bits per heavy atom. The lowest BCUT2D eigenvalue weighted by molar-refractivity contribution is -0.118. The van der Waals surface area contributed by atoms with Crippen LogP contribution in [0.15, 0.2) is 60.9 Å². The van der Waals surface area contributed by atoms with Crippen molar-refractivity contribution in [3.63, 3.8) is 0 Å². The third kappa shape index (κ3) is 4.32. The predicted octanol–water partition coefficient (Wildman–Crippen LogP) is 3.28. The molecule has 6 nitrogen and oxygen atoms in total. The minimum Gasteiger partial charge on any atom is -0.348 e. The summed E-state index contributed by atoms with van der Waals surface area (Å²) < 4.78 is 26.7. The summed E-state index contributed by atoms with van der Waals surface area (Å²) in [6.45, 7) is 0.271. The Bertz CT molecular complexity index is 1180. The summed E-state index contributed by atoms with van der Waals surface area (Å²) in [5.74, 6) is -4.55. The molecule has 1 aliphatic rings. The predicted molar refractivity (Wildman–Crippen MR) is 108 cm³/mol. The molecule has 4 rings (SSSR count). The molecule has 2 N–H and O–H groups in total. The minimum atomic E-state index is -1.11. The number of pyridine rings is 1. The molecule has 0 saturated carbocycles. The molecule has 0 radical (unpaired) electrons. The van der Waals surface area contributed by atoms with Crippen molar-refractivity contribution in [1.29, 1.82) is 0 Å². The summed E-state index contributed by atoms with van der Waals surface area (Å²) in [5.41, 5.74) is 1.91. The Kier molecular flexibility index (Phi) is 5.53. The maximum absolute atomic E-state index is 13.5. The first-order valence-electron chi connectivity index (χ1n) is 9.52. The lowest BCUT2D eigenvalue weighted by Crippen LogP contribution is -2.37. The Balaban J connectivity index is 1.53. The number of carbonyl (C=O) groups excluding carboxylic acids is 3. The standard InChI is InChI=1S/C23H17F2N3O3/c24-18-5-3-13(9-19(18)25)8-17-21(29)16-10-15(4-6-20(16)28-23(17)31)22(30)27-12-14-2-1-7-26-11-14/h1-7,9-11,17H,8,12H2,(H,27,30)(H,28,31). The third-order valence-corrected chi connectivity index (χ3v) is 5.04. The number of nitrogens with zero attached hydrogens (tertiary/aromatic N) is 1. The fraction of sp³-hybridized carbons (Fsp3) is 0.130. The number of carbonyl (C=O) groups is 3. The van der Waals surface area contributed by atoms with E-state index in [1.807, 2.05) is 6.07 Å². The van der Waals surface area contributed by atoms with E-state index < -0.39 is 29.2 Å². The van der Waals surface area contributed by atoms with Crippen molar-refractivity contribution in [1.82, 2.24) is 10.3 Å². The van der Waals surface area contributed by atoms with Crippen molar-refractivity contribution in [2.24, 2.45) is 5.92 Å². The van der Waals surface area contributed by atoms with Crippen LogP contribution in [-0.2, 0) is 17.8 Å². The first kappa shape index (κ1) is 20.3. The van der Waals surface area contributed by atoms with Gasteiger partial charge in [-0.3, -0.25) is 19.4 Å². The molecule has 0 spiro atoms. The zero-order valence-electron chi connectivity index (χ0n) is 16.2. The summed E-state index contributed by atoms with van der Waals surface area (Å²) in [5, 5.41) is 5.40. The normalized spacial score (nSPS) is 15.2. The quantitative estimate of drug-likeness (QED) is 0.619. The number of halogens is 2. The molecule has 1 aliphatic heterocycles. The van der Waals surface area contributed by atoms with Crippen molar-refractivity contribution in [3.05, 3.63) is 94.8 Å². The van der Waals surface area contributed by atoms with Crippen LogP contribution in [0.25, 0.3) is 0 Å². The molecule has 0 aliphatic carbocycles. The fourth-order valence-electron chi connectivity index (χ4n) is 3.40. The Labute approximate surface area is 176 Å². The van der Waals surface area contributed by atoms with Gasteiger partial charge in [-0.2, -0.15) is 0 Å². The smallest absolute Gasteiger partial charge is 0.251 e. The number of benzene rings is 2. The van der Waals surface area contributed by atoms with E-state index in [0.717, 1.165) is 17.7 Å². The highest BCUT2D eigenvalue weighted by Crippen LogP contribution is 2.29. The van der Waals surface area contributed by atoms with Crippen molar-refractivity contribution in [2.45, 2.75) is 13.0 Å². The van der Waals surface area contributed by atoms with Crippen LogP contribution in [0.1, 0.15) is 31.8 Å². The van der Waals surface area contributed by atoms with Gasteiger partial charge in [0.25, 0.3) is 5.91 Å². The molecule has 0 bridgehead atoms. The molecule has 3 aromatic rings. The van der Waals surface area contributed by atoms with E-state index in [1.165, 1.54) is 24.3 Å². The average Bonchev–Trinajstić information content (AvgIpc) is 2.78. The zero-order chi connectivity index (χ0) is 22.0. The molecule has 2 heterocycles. The van der Waals surface area contributed by atoms with Gasteiger partial charge in [-0.1, -0.05) is 12.1 Å². The van der Waals surface area contributed by atoms with Crippen molar-refractivity contribution >= 4 is 23.3 Å². The first-order chi connectivity index (χ1) is 14.9. The summed E-state index contributed by atoms with van der Waals surface area (Å²) in [6.07, 6.45) is 3.18. The van der Waals surface area contributed by atoms with Crippen molar-refractivity contribution in [3.8, 4) is 0 Å². The maximum Gasteiger partial charge on any atom is 0.251 e. The number of hydrogen-bond acceptors (Lipinski definition) is 4. The highest BCUT2D eigenvalue weighted by atomic mass is 19.2. The Morgan fingerprint density at radius 1 is 1.03 bits per heavy atom. The van der Waals surface area contributed by atoms with Crippen molar-refractivity contribution in [2.75, 3.05) is 5.32 Å². The number of nitrogens with one attached hydrogen (secondary N) is 2. The Hall–Kier alpha value is -3.94. The SMILES string of the molecule is O=C(NCc1cccnc1)c1ccc2c(c1)C(=O)C(Cc1ccc(F)c(F)c1)C(=O)N2. The zero-order valence-corrected chi connectivity index (χ0v) is 16.2. The van der Waals surface area contributed by atoms with Gasteiger partial charge in [0, 0.05) is 30.1 Å². The van der Waals surface area contributed by atoms with E-state index in [-0.39, 0.29) is 30.0 Å². The monoisotopic (exact) mass is 421 g/mol. The van der Waals surface area contributed by atoms with Gasteiger partial charge in [-0.05, 0) is 53.9 Å². The van der Waals surface area contributed by atoms with E-state index in [0.29, 0.717) is 11.3 Å². The molecule has 1 unspecified atom stereocenters. The van der Waals surface area contributed by atoms with E-state index in [1.54, 1.807) is 18.5 Å². The van der Waals surface area contributed by atoms with Crippen LogP contribution in [-0.4, -0.2) is 22.6 Å². The average molecular weight is 421 g/mol. The largest absolute Gasteiger partial charge is 0.348 e. The lowest BCUT2D eigenvalue weighted by atomic mass is 9.86. The summed E-state index contributed by atoms with van der Waals surface area (Å²) in [4.78, 5) is 41.9. The number of Topliss-reactive ketones (excluding diaryl/α,β-unsaturated/α-hetero) is 1. The van der Waals surface area contributed by atoms with E-state index in [2.05, 4.69) is 15.6 Å². The highest BCUT2D eigenvalue weighted by molar-refractivity contribution is 6.21. The van der Waals surface area contributed by atoms with Crippen LogP contribution in [0.4, 0.5) is 14.5 Å². The van der Waals surface area contributed by atoms with Gasteiger partial charge in [0.2, 0.25) is 5.91 Å². The molecule has 1 atom stereocenters. The van der Waals surface area contributed by atoms with Gasteiger partial charge < -0.3 is 10.6 Å². The summed E-state index contributed by atoms with van der Waals surface area (Å²) >= 11 is 0. The van der Waals surface area contributed by atoms with Crippen LogP contribution >= 0.6 is 0 Å². The first-order valence-corrected chi connectivity index (χ1v) is 9.52. The Morgan fingerprint density at radius 2 is 1.87 bits per heavy atom. The number of ketones is 1. The van der Waals surface area contributed by atoms with Gasteiger partial charge in [0.15, 0.2) is 17.4 Å². The maximum atomic E-state index is 13.5. The summed E-state index contributed by atoms with van der Waals surface area (Å²) in [6, 6.07) is 11.3. The molecule has 0 saturated heterocycles. The lowest BCUT2D eigenvalue weighted by Gasteiger charge is -2.24. The molecule has 156 valence electrons. The second kappa shape index (κ2) is 8.43. The minimum absolute atomic E-state index is 0.0846. The fourth-order valence-corrected chi connectivity index (χ4v) is 3.40.